The van der Waals surface area contributed by atoms with Gasteiger partial charge in [-0.2, -0.15) is 0 Å². The van der Waals surface area contributed by atoms with Crippen LogP contribution in [0.5, 0.6) is 0 Å². The molecule has 0 saturated carbocycles. The van der Waals surface area contributed by atoms with Crippen LogP contribution in [0.4, 0.5) is 4.39 Å². The molecule has 0 aromatic carbocycles. The van der Waals surface area contributed by atoms with Crippen LogP contribution in [-0.2, 0) is 9.47 Å². The lowest BCUT2D eigenvalue weighted by Crippen LogP contribution is -2.38. The first-order chi connectivity index (χ1) is 11.1. The molecule has 0 N–H and O–H groups in total. The molecule has 0 aromatic rings. The molecule has 1 heterocycles. The Hall–Kier alpha value is -1.13. The van der Waals surface area contributed by atoms with E-state index < -0.39 is 5.83 Å². The van der Waals surface area contributed by atoms with Gasteiger partial charge in [0.15, 0.2) is 5.83 Å². The Morgan fingerprint density at radius 1 is 1.22 bits per heavy atom. The van der Waals surface area contributed by atoms with Crippen molar-refractivity contribution in [2.24, 2.45) is 0 Å². The van der Waals surface area contributed by atoms with Crippen LogP contribution in [0, 0.1) is 0 Å². The van der Waals surface area contributed by atoms with Gasteiger partial charge in [-0.3, -0.25) is 4.90 Å². The van der Waals surface area contributed by atoms with E-state index in [0.717, 1.165) is 39.1 Å². The molecular formula is C19H36FNO2. The summed E-state index contributed by atoms with van der Waals surface area (Å²) in [5.41, 5.74) is 0. The van der Waals surface area contributed by atoms with E-state index in [9.17, 15) is 4.39 Å². The molecule has 4 heteroatoms. The maximum absolute atomic E-state index is 12.8. The molecule has 23 heavy (non-hydrogen) atoms. The molecule has 0 atom stereocenters. The minimum atomic E-state index is -0.507. The molecule has 0 radical (unpaired) electrons. The van der Waals surface area contributed by atoms with Gasteiger partial charge in [-0.25, -0.2) is 4.39 Å². The monoisotopic (exact) mass is 329 g/mol. The second kappa shape index (κ2) is 17.2. The number of nitrogens with zero attached hydrogens (tertiary/aromatic N) is 1. The SMILES string of the molecule is C=C.C=C(F)/C(=C\C)OCCN1CCC(OCC)CC1.CCC. The molecule has 1 rings (SSSR count). The fraction of sp³-hybridized carbons (Fsp3) is 0.684. The van der Waals surface area contributed by atoms with E-state index >= 15 is 0 Å². The van der Waals surface area contributed by atoms with Crippen LogP contribution >= 0.6 is 0 Å². The van der Waals surface area contributed by atoms with E-state index in [0.29, 0.717) is 12.7 Å². The van der Waals surface area contributed by atoms with Gasteiger partial charge >= 0.3 is 0 Å². The smallest absolute Gasteiger partial charge is 0.157 e. The molecule has 1 fully saturated rings. The summed E-state index contributed by atoms with van der Waals surface area (Å²) in [6.07, 6.45) is 5.40. The molecule has 1 aliphatic rings. The molecule has 0 amide bonds. The molecule has 0 spiro atoms. The Morgan fingerprint density at radius 2 is 1.74 bits per heavy atom. The maximum atomic E-state index is 12.8. The number of ether oxygens (including phenoxy) is 2. The van der Waals surface area contributed by atoms with Gasteiger partial charge in [0.2, 0.25) is 0 Å². The Morgan fingerprint density at radius 3 is 2.13 bits per heavy atom. The molecular weight excluding hydrogens is 293 g/mol. The zero-order valence-electron chi connectivity index (χ0n) is 15.6. The first kappa shape index (κ1) is 24.1. The summed E-state index contributed by atoms with van der Waals surface area (Å²) in [6.45, 7) is 21.4. The first-order valence-corrected chi connectivity index (χ1v) is 8.56. The fourth-order valence-electron chi connectivity index (χ4n) is 2.14. The van der Waals surface area contributed by atoms with Crippen molar-refractivity contribution in [2.75, 3.05) is 32.8 Å². The van der Waals surface area contributed by atoms with Crippen molar-refractivity contribution in [1.29, 1.82) is 0 Å². The van der Waals surface area contributed by atoms with Crippen LogP contribution in [0.2, 0.25) is 0 Å². The van der Waals surface area contributed by atoms with Crippen molar-refractivity contribution >= 4 is 0 Å². The van der Waals surface area contributed by atoms with E-state index in [1.807, 2.05) is 6.92 Å². The van der Waals surface area contributed by atoms with Gasteiger partial charge in [-0.15, -0.1) is 13.2 Å². The summed E-state index contributed by atoms with van der Waals surface area (Å²) in [5, 5.41) is 0. The zero-order valence-corrected chi connectivity index (χ0v) is 15.6. The van der Waals surface area contributed by atoms with Gasteiger partial charge < -0.3 is 9.47 Å². The number of hydrogen-bond acceptors (Lipinski definition) is 3. The number of halogens is 1. The van der Waals surface area contributed by atoms with Gasteiger partial charge in [0.05, 0.1) is 6.10 Å². The zero-order chi connectivity index (χ0) is 18.1. The van der Waals surface area contributed by atoms with Crippen molar-refractivity contribution in [3.05, 3.63) is 37.4 Å². The number of likely N-dealkylation sites (tertiary alicyclic amines) is 1. The van der Waals surface area contributed by atoms with Crippen molar-refractivity contribution in [1.82, 2.24) is 4.90 Å². The molecule has 1 saturated heterocycles. The van der Waals surface area contributed by atoms with Crippen LogP contribution < -0.4 is 0 Å². The predicted molar refractivity (Wildman–Crippen MR) is 98.3 cm³/mol. The third-order valence-electron chi connectivity index (χ3n) is 3.13. The quantitative estimate of drug-likeness (QED) is 0.368. The largest absolute Gasteiger partial charge is 0.490 e. The molecule has 0 unspecified atom stereocenters. The molecule has 0 aromatic heterocycles. The van der Waals surface area contributed by atoms with Crippen LogP contribution in [-0.4, -0.2) is 43.9 Å². The minimum Gasteiger partial charge on any atom is -0.490 e. The third kappa shape index (κ3) is 13.0. The highest BCUT2D eigenvalue weighted by Crippen LogP contribution is 2.14. The second-order valence-electron chi connectivity index (χ2n) is 5.11. The van der Waals surface area contributed by atoms with Gasteiger partial charge in [-0.1, -0.05) is 26.8 Å². The second-order valence-corrected chi connectivity index (χ2v) is 5.11. The summed E-state index contributed by atoms with van der Waals surface area (Å²) in [5.74, 6) is -0.258. The Balaban J connectivity index is 0. The number of rotatable bonds is 7. The third-order valence-corrected chi connectivity index (χ3v) is 3.13. The molecule has 1 aliphatic heterocycles. The first-order valence-electron chi connectivity index (χ1n) is 8.56. The minimum absolute atomic E-state index is 0.249. The topological polar surface area (TPSA) is 21.7 Å². The van der Waals surface area contributed by atoms with Crippen LogP contribution in [0.1, 0.15) is 47.0 Å². The number of hydrogen-bond donors (Lipinski definition) is 0. The Labute approximate surface area is 142 Å². The van der Waals surface area contributed by atoms with Gasteiger partial charge in [0.1, 0.15) is 12.4 Å². The van der Waals surface area contributed by atoms with Crippen LogP contribution in [0.3, 0.4) is 0 Å². The van der Waals surface area contributed by atoms with E-state index in [2.05, 4.69) is 38.5 Å². The lowest BCUT2D eigenvalue weighted by Gasteiger charge is -2.31. The summed E-state index contributed by atoms with van der Waals surface area (Å²) in [7, 11) is 0. The van der Waals surface area contributed by atoms with E-state index in [1.165, 1.54) is 6.42 Å². The lowest BCUT2D eigenvalue weighted by molar-refractivity contribution is 0.00990. The Kier molecular flexibility index (Phi) is 18.1. The lowest BCUT2D eigenvalue weighted by atomic mass is 10.1. The Bertz CT molecular complexity index is 310. The summed E-state index contributed by atoms with van der Waals surface area (Å²) in [4.78, 5) is 2.32. The van der Waals surface area contributed by atoms with Crippen LogP contribution in [0.25, 0.3) is 0 Å². The molecule has 136 valence electrons. The van der Waals surface area contributed by atoms with Crippen molar-refractivity contribution in [3.63, 3.8) is 0 Å². The standard InChI is InChI=1S/C14H24FNO2.C3H8.C2H4/c1-4-14(12(3)15)18-11-10-16-8-6-13(7-9-16)17-5-2;1-3-2;1-2/h4,13H,3,5-11H2,1-2H3;3H2,1-2H3;1-2H2/b14-4+;;. The number of piperidine rings is 1. The average molecular weight is 330 g/mol. The van der Waals surface area contributed by atoms with E-state index in [-0.39, 0.29) is 5.76 Å². The van der Waals surface area contributed by atoms with Crippen molar-refractivity contribution < 1.29 is 13.9 Å². The molecule has 0 bridgehead atoms. The van der Waals surface area contributed by atoms with Crippen LogP contribution in [0.15, 0.2) is 37.4 Å². The van der Waals surface area contributed by atoms with E-state index in [1.54, 1.807) is 13.0 Å². The summed E-state index contributed by atoms with van der Waals surface area (Å²) < 4.78 is 23.8. The van der Waals surface area contributed by atoms with E-state index in [4.69, 9.17) is 9.47 Å². The van der Waals surface area contributed by atoms with Crippen molar-refractivity contribution in [2.45, 2.75) is 53.1 Å². The highest BCUT2D eigenvalue weighted by Gasteiger charge is 2.18. The molecule has 0 aliphatic carbocycles. The van der Waals surface area contributed by atoms with Gasteiger partial charge in [0, 0.05) is 26.2 Å². The maximum Gasteiger partial charge on any atom is 0.157 e. The molecule has 3 nitrogen and oxygen atoms in total. The van der Waals surface area contributed by atoms with Gasteiger partial charge in [0.25, 0.3) is 0 Å². The fourth-order valence-corrected chi connectivity index (χ4v) is 2.14. The summed E-state index contributed by atoms with van der Waals surface area (Å²) >= 11 is 0. The predicted octanol–water partition coefficient (Wildman–Crippen LogP) is 5.11. The average Bonchev–Trinajstić information content (AvgIpc) is 2.56. The van der Waals surface area contributed by atoms with Gasteiger partial charge in [-0.05, 0) is 32.8 Å². The summed E-state index contributed by atoms with van der Waals surface area (Å²) in [6, 6.07) is 0. The van der Waals surface area contributed by atoms with Crippen molar-refractivity contribution in [3.8, 4) is 0 Å². The number of allylic oxidation sites excluding steroid dienone is 2. The highest BCUT2D eigenvalue weighted by atomic mass is 19.1. The highest BCUT2D eigenvalue weighted by molar-refractivity contribution is 5.14. The normalized spacial score (nSPS) is 15.8.